The van der Waals surface area contributed by atoms with Gasteiger partial charge < -0.3 is 10.2 Å². The van der Waals surface area contributed by atoms with Crippen LogP contribution in [0.3, 0.4) is 0 Å². The molecule has 0 radical (unpaired) electrons. The highest BCUT2D eigenvalue weighted by Crippen LogP contribution is 2.23. The zero-order valence-electron chi connectivity index (χ0n) is 16.5. The first-order chi connectivity index (χ1) is 13.2. The molecule has 1 saturated heterocycles. The van der Waals surface area contributed by atoms with E-state index in [1.54, 1.807) is 34.1 Å². The number of amides is 3. The van der Waals surface area contributed by atoms with Crippen molar-refractivity contribution in [2.24, 2.45) is 0 Å². The summed E-state index contributed by atoms with van der Waals surface area (Å²) in [6, 6.07) is 13.3. The second-order valence-electron chi connectivity index (χ2n) is 8.09. The van der Waals surface area contributed by atoms with Gasteiger partial charge in [0.05, 0.1) is 0 Å². The fourth-order valence-corrected chi connectivity index (χ4v) is 3.25. The minimum Gasteiger partial charge on any atom is -0.347 e. The molecule has 0 unspecified atom stereocenters. The van der Waals surface area contributed by atoms with E-state index >= 15 is 0 Å². The van der Waals surface area contributed by atoms with Gasteiger partial charge in [-0.3, -0.25) is 9.69 Å². The number of hydrogen-bond donors (Lipinski definition) is 1. The molecule has 0 spiro atoms. The second-order valence-corrected chi connectivity index (χ2v) is 8.09. The predicted molar refractivity (Wildman–Crippen MR) is 108 cm³/mol. The van der Waals surface area contributed by atoms with Crippen LogP contribution in [0, 0.1) is 5.82 Å². The van der Waals surface area contributed by atoms with E-state index in [0.717, 1.165) is 12.0 Å². The first-order valence-corrected chi connectivity index (χ1v) is 9.46. The van der Waals surface area contributed by atoms with Crippen LogP contribution < -0.4 is 10.2 Å². The summed E-state index contributed by atoms with van der Waals surface area (Å²) >= 11 is 0. The largest absolute Gasteiger partial charge is 0.347 e. The van der Waals surface area contributed by atoms with Gasteiger partial charge in [-0.25, -0.2) is 9.18 Å². The maximum atomic E-state index is 13.4. The minimum atomic E-state index is -0.338. The lowest BCUT2D eigenvalue weighted by Gasteiger charge is -2.36. The van der Waals surface area contributed by atoms with Gasteiger partial charge in [-0.15, -0.1) is 0 Å². The van der Waals surface area contributed by atoms with Gasteiger partial charge >= 0.3 is 6.03 Å². The average molecular weight is 383 g/mol. The van der Waals surface area contributed by atoms with Crippen LogP contribution in [0.1, 0.15) is 43.1 Å². The standard InChI is InChI=1S/C22H26FN3O2/c1-22(2,3)24-20(27)17-8-5-10-19(14-17)26-12-6-11-25(21(26)28)15-16-7-4-9-18(23)13-16/h4-5,7-10,13-14H,6,11-12,15H2,1-3H3,(H,24,27). The third-order valence-corrected chi connectivity index (χ3v) is 4.48. The summed E-state index contributed by atoms with van der Waals surface area (Å²) in [6.45, 7) is 7.34. The number of benzene rings is 2. The zero-order chi connectivity index (χ0) is 20.3. The number of halogens is 1. The molecule has 1 aliphatic rings. The molecule has 148 valence electrons. The highest BCUT2D eigenvalue weighted by atomic mass is 19.1. The molecular weight excluding hydrogens is 357 g/mol. The van der Waals surface area contributed by atoms with Crippen LogP contribution in [-0.4, -0.2) is 35.5 Å². The van der Waals surface area contributed by atoms with E-state index in [4.69, 9.17) is 0 Å². The summed E-state index contributed by atoms with van der Waals surface area (Å²) in [5.41, 5.74) is 1.63. The van der Waals surface area contributed by atoms with Crippen molar-refractivity contribution in [1.82, 2.24) is 10.2 Å². The molecule has 0 bridgehead atoms. The topological polar surface area (TPSA) is 52.7 Å². The summed E-state index contributed by atoms with van der Waals surface area (Å²) in [4.78, 5) is 28.8. The molecule has 2 aromatic carbocycles. The Morgan fingerprint density at radius 2 is 1.86 bits per heavy atom. The van der Waals surface area contributed by atoms with E-state index < -0.39 is 0 Å². The van der Waals surface area contributed by atoms with Gasteiger partial charge in [0.25, 0.3) is 5.91 Å². The van der Waals surface area contributed by atoms with Gasteiger partial charge in [-0.1, -0.05) is 18.2 Å². The van der Waals surface area contributed by atoms with Gasteiger partial charge in [0, 0.05) is 36.4 Å². The van der Waals surface area contributed by atoms with Crippen molar-refractivity contribution in [2.75, 3.05) is 18.0 Å². The first kappa shape index (κ1) is 19.9. The summed E-state index contributed by atoms with van der Waals surface area (Å²) in [6.07, 6.45) is 0.805. The predicted octanol–water partition coefficient (Wildman–Crippen LogP) is 4.19. The smallest absolute Gasteiger partial charge is 0.324 e. The van der Waals surface area contributed by atoms with Gasteiger partial charge in [0.1, 0.15) is 5.82 Å². The van der Waals surface area contributed by atoms with Crippen LogP contribution in [-0.2, 0) is 6.54 Å². The summed E-state index contributed by atoms with van der Waals surface area (Å²) in [5.74, 6) is -0.480. The Labute approximate surface area is 165 Å². The van der Waals surface area contributed by atoms with E-state index in [0.29, 0.717) is 30.9 Å². The maximum absolute atomic E-state index is 13.4. The molecule has 0 saturated carbocycles. The number of carbonyl (C=O) groups is 2. The fourth-order valence-electron chi connectivity index (χ4n) is 3.25. The quantitative estimate of drug-likeness (QED) is 0.861. The Balaban J connectivity index is 1.77. The number of rotatable bonds is 4. The number of anilines is 1. The molecule has 0 aliphatic carbocycles. The molecule has 1 N–H and O–H groups in total. The third-order valence-electron chi connectivity index (χ3n) is 4.48. The maximum Gasteiger partial charge on any atom is 0.324 e. The lowest BCUT2D eigenvalue weighted by Crippen LogP contribution is -2.49. The van der Waals surface area contributed by atoms with Crippen molar-refractivity contribution in [3.05, 3.63) is 65.5 Å². The fraction of sp³-hybridized carbons (Fsp3) is 0.364. The van der Waals surface area contributed by atoms with Gasteiger partial charge in [-0.05, 0) is 63.1 Å². The highest BCUT2D eigenvalue weighted by Gasteiger charge is 2.27. The first-order valence-electron chi connectivity index (χ1n) is 9.46. The Kier molecular flexibility index (Phi) is 5.68. The van der Waals surface area contributed by atoms with Crippen LogP contribution >= 0.6 is 0 Å². The minimum absolute atomic E-state index is 0.135. The second kappa shape index (κ2) is 8.00. The lowest BCUT2D eigenvalue weighted by atomic mass is 10.1. The molecule has 0 aromatic heterocycles. The lowest BCUT2D eigenvalue weighted by molar-refractivity contribution is 0.0919. The van der Waals surface area contributed by atoms with Crippen LogP contribution in [0.15, 0.2) is 48.5 Å². The third kappa shape index (κ3) is 4.88. The number of nitrogens with zero attached hydrogens (tertiary/aromatic N) is 2. The Hall–Kier alpha value is -2.89. The van der Waals surface area contributed by atoms with E-state index in [-0.39, 0.29) is 23.3 Å². The van der Waals surface area contributed by atoms with E-state index in [1.165, 1.54) is 12.1 Å². The molecule has 28 heavy (non-hydrogen) atoms. The molecule has 1 heterocycles. The summed E-state index contributed by atoms with van der Waals surface area (Å²) in [7, 11) is 0. The van der Waals surface area contributed by atoms with Crippen molar-refractivity contribution >= 4 is 17.6 Å². The normalized spacial score (nSPS) is 14.9. The molecule has 1 fully saturated rings. The van der Waals surface area contributed by atoms with Crippen LogP contribution in [0.4, 0.5) is 14.9 Å². The molecule has 3 rings (SSSR count). The molecule has 0 atom stereocenters. The number of carbonyl (C=O) groups excluding carboxylic acids is 2. The van der Waals surface area contributed by atoms with Gasteiger partial charge in [-0.2, -0.15) is 0 Å². The SMILES string of the molecule is CC(C)(C)NC(=O)c1cccc(N2CCCN(Cc3cccc(F)c3)C2=O)c1. The highest BCUT2D eigenvalue weighted by molar-refractivity contribution is 5.98. The van der Waals surface area contributed by atoms with Crippen molar-refractivity contribution in [2.45, 2.75) is 39.3 Å². The molecular formula is C22H26FN3O2. The molecule has 5 nitrogen and oxygen atoms in total. The number of urea groups is 1. The Morgan fingerprint density at radius 1 is 1.11 bits per heavy atom. The Morgan fingerprint density at radius 3 is 2.57 bits per heavy atom. The van der Waals surface area contributed by atoms with E-state index in [1.807, 2.05) is 32.9 Å². The van der Waals surface area contributed by atoms with Crippen LogP contribution in [0.2, 0.25) is 0 Å². The van der Waals surface area contributed by atoms with Gasteiger partial charge in [0.15, 0.2) is 0 Å². The van der Waals surface area contributed by atoms with Crippen LogP contribution in [0.5, 0.6) is 0 Å². The van der Waals surface area contributed by atoms with Crippen molar-refractivity contribution in [1.29, 1.82) is 0 Å². The number of hydrogen-bond acceptors (Lipinski definition) is 2. The average Bonchev–Trinajstić information content (AvgIpc) is 2.62. The van der Waals surface area contributed by atoms with E-state index in [2.05, 4.69) is 5.32 Å². The molecule has 6 heteroatoms. The Bertz CT molecular complexity index is 876. The molecule has 2 aromatic rings. The van der Waals surface area contributed by atoms with Crippen molar-refractivity contribution in [3.8, 4) is 0 Å². The van der Waals surface area contributed by atoms with Crippen molar-refractivity contribution in [3.63, 3.8) is 0 Å². The summed E-state index contributed by atoms with van der Waals surface area (Å²) in [5, 5.41) is 2.94. The monoisotopic (exact) mass is 383 g/mol. The molecule has 3 amide bonds. The van der Waals surface area contributed by atoms with Crippen molar-refractivity contribution < 1.29 is 14.0 Å². The zero-order valence-corrected chi connectivity index (χ0v) is 16.5. The van der Waals surface area contributed by atoms with Gasteiger partial charge in [0.2, 0.25) is 0 Å². The summed E-state index contributed by atoms with van der Waals surface area (Å²) < 4.78 is 13.4. The van der Waals surface area contributed by atoms with Crippen LogP contribution in [0.25, 0.3) is 0 Å². The van der Waals surface area contributed by atoms with E-state index in [9.17, 15) is 14.0 Å². The molecule has 1 aliphatic heterocycles. The number of nitrogens with one attached hydrogen (secondary N) is 1.